The van der Waals surface area contributed by atoms with Crippen LogP contribution < -0.4 is 10.4 Å². The van der Waals surface area contributed by atoms with Gasteiger partial charge in [-0.2, -0.15) is 0 Å². The molecule has 22 heavy (non-hydrogen) atoms. The highest BCUT2D eigenvalue weighted by Crippen LogP contribution is 2.52. The lowest BCUT2D eigenvalue weighted by Gasteiger charge is -2.47. The molecule has 5 rings (SSSR count). The van der Waals surface area contributed by atoms with E-state index in [-0.39, 0.29) is 0 Å². The van der Waals surface area contributed by atoms with Crippen molar-refractivity contribution >= 4 is 26.5 Å². The monoisotopic (exact) mass is 317 g/mol. The third kappa shape index (κ3) is 1.68. The lowest BCUT2D eigenvalue weighted by molar-refractivity contribution is 1.34. The number of fused-ring (bicyclic) bond motifs is 1. The average Bonchev–Trinajstić information content (AvgIpc) is 3.10. The highest BCUT2D eigenvalue weighted by atomic mass is 28.3. The van der Waals surface area contributed by atoms with Crippen LogP contribution in [0.3, 0.4) is 0 Å². The quantitative estimate of drug-likeness (QED) is 0.758. The van der Waals surface area contributed by atoms with Gasteiger partial charge in [-0.25, -0.2) is 0 Å². The van der Waals surface area contributed by atoms with E-state index in [2.05, 4.69) is 86.4 Å². The first-order valence-electron chi connectivity index (χ1n) is 8.03. The lowest BCUT2D eigenvalue weighted by atomic mass is 10.4. The summed E-state index contributed by atoms with van der Waals surface area (Å²) in [4.78, 5) is 0. The van der Waals surface area contributed by atoms with Gasteiger partial charge >= 0.3 is 0 Å². The standard InChI is InChI=1S/C20H21Si2/c1-21(2,3)20-18-14-15-19(20)22(18,16-10-6-4-7-11-16)17-12-8-5-9-13-17/h4-13H,14H2,1-3H3. The molecule has 0 saturated carbocycles. The maximum Gasteiger partial charge on any atom is 0.176 e. The molecule has 2 aromatic rings. The van der Waals surface area contributed by atoms with Crippen LogP contribution in [0, 0.1) is 6.08 Å². The van der Waals surface area contributed by atoms with Gasteiger partial charge in [0.1, 0.15) is 0 Å². The molecular formula is C20H21Si2. The van der Waals surface area contributed by atoms with Crippen LogP contribution in [0.1, 0.15) is 6.42 Å². The van der Waals surface area contributed by atoms with Crippen LogP contribution in [0.2, 0.25) is 19.6 Å². The summed E-state index contributed by atoms with van der Waals surface area (Å²) in [6.07, 6.45) is 4.85. The van der Waals surface area contributed by atoms with Gasteiger partial charge in [0.2, 0.25) is 0 Å². The van der Waals surface area contributed by atoms with Crippen molar-refractivity contribution in [2.45, 2.75) is 26.1 Å². The Morgan fingerprint density at radius 2 is 1.32 bits per heavy atom. The van der Waals surface area contributed by atoms with Crippen molar-refractivity contribution in [1.29, 1.82) is 0 Å². The molecule has 0 N–H and O–H groups in total. The Kier molecular flexibility index (Phi) is 2.97. The highest BCUT2D eigenvalue weighted by Gasteiger charge is 2.59. The van der Waals surface area contributed by atoms with Crippen LogP contribution in [0.25, 0.3) is 0 Å². The van der Waals surface area contributed by atoms with E-state index in [4.69, 9.17) is 0 Å². The molecule has 0 unspecified atom stereocenters. The fraction of sp³-hybridized carbons (Fsp3) is 0.200. The summed E-state index contributed by atoms with van der Waals surface area (Å²) in [5.74, 6) is 0. The van der Waals surface area contributed by atoms with Gasteiger partial charge in [-0.1, -0.05) is 90.7 Å². The molecule has 2 aromatic carbocycles. The number of allylic oxidation sites excluding steroid dienone is 4. The zero-order chi connectivity index (χ0) is 15.4. The summed E-state index contributed by atoms with van der Waals surface area (Å²) in [6, 6.07) is 22.4. The minimum atomic E-state index is -1.84. The van der Waals surface area contributed by atoms with E-state index in [0.717, 1.165) is 6.42 Å². The Morgan fingerprint density at radius 1 is 0.818 bits per heavy atom. The molecule has 0 atom stereocenters. The van der Waals surface area contributed by atoms with Crippen molar-refractivity contribution in [3.8, 4) is 0 Å². The molecule has 0 spiro atoms. The molecule has 2 heteroatoms. The molecule has 109 valence electrons. The first-order chi connectivity index (χ1) is 10.6. The summed E-state index contributed by atoms with van der Waals surface area (Å²) in [7, 11) is -3.12. The molecule has 2 heterocycles. The molecule has 1 radical (unpaired) electrons. The minimum absolute atomic E-state index is 1.07. The van der Waals surface area contributed by atoms with Crippen molar-refractivity contribution in [2.24, 2.45) is 0 Å². The zero-order valence-corrected chi connectivity index (χ0v) is 15.5. The van der Waals surface area contributed by atoms with Gasteiger partial charge in [-0.15, -0.1) is 0 Å². The molecule has 1 aliphatic carbocycles. The van der Waals surface area contributed by atoms with Crippen LogP contribution in [0.5, 0.6) is 0 Å². The van der Waals surface area contributed by atoms with Gasteiger partial charge in [-0.05, 0) is 28.1 Å². The van der Waals surface area contributed by atoms with Gasteiger partial charge in [-0.3, -0.25) is 0 Å². The molecule has 0 nitrogen and oxygen atoms in total. The maximum absolute atomic E-state index is 3.78. The Balaban J connectivity index is 2.00. The second-order valence-electron chi connectivity index (χ2n) is 7.31. The van der Waals surface area contributed by atoms with E-state index in [1.54, 1.807) is 26.0 Å². The van der Waals surface area contributed by atoms with E-state index < -0.39 is 16.1 Å². The maximum atomic E-state index is 3.78. The van der Waals surface area contributed by atoms with Crippen molar-refractivity contribution in [3.63, 3.8) is 0 Å². The minimum Gasteiger partial charge on any atom is -0.0656 e. The summed E-state index contributed by atoms with van der Waals surface area (Å²) >= 11 is 0. The van der Waals surface area contributed by atoms with Gasteiger partial charge in [0.25, 0.3) is 0 Å². The smallest absolute Gasteiger partial charge is 0.0656 e. The molecule has 3 aliphatic rings. The SMILES string of the molecule is C[Si](C)(C)C1=C2C[C]=C1[Si]2(c1ccccc1)c1ccccc1. The lowest BCUT2D eigenvalue weighted by Crippen LogP contribution is -2.67. The molecular weight excluding hydrogens is 296 g/mol. The summed E-state index contributed by atoms with van der Waals surface area (Å²) in [5, 5.41) is 8.17. The van der Waals surface area contributed by atoms with Gasteiger partial charge in [0.15, 0.2) is 8.07 Å². The summed E-state index contributed by atoms with van der Waals surface area (Å²) in [5.41, 5.74) is 0. The van der Waals surface area contributed by atoms with E-state index in [1.165, 1.54) is 0 Å². The predicted octanol–water partition coefficient (Wildman–Crippen LogP) is 3.65. The predicted molar refractivity (Wildman–Crippen MR) is 99.7 cm³/mol. The van der Waals surface area contributed by atoms with Gasteiger partial charge in [0.05, 0.1) is 8.07 Å². The molecule has 0 aromatic heterocycles. The first-order valence-corrected chi connectivity index (χ1v) is 13.5. The molecule has 0 amide bonds. The molecule has 2 aliphatic heterocycles. The summed E-state index contributed by atoms with van der Waals surface area (Å²) < 4.78 is 0. The third-order valence-electron chi connectivity index (χ3n) is 4.98. The van der Waals surface area contributed by atoms with Crippen LogP contribution in [0.4, 0.5) is 0 Å². The zero-order valence-electron chi connectivity index (χ0n) is 13.5. The van der Waals surface area contributed by atoms with Crippen LogP contribution in [0.15, 0.2) is 76.3 Å². The van der Waals surface area contributed by atoms with E-state index in [9.17, 15) is 0 Å². The van der Waals surface area contributed by atoms with Crippen molar-refractivity contribution in [3.05, 3.63) is 82.3 Å². The van der Waals surface area contributed by atoms with Gasteiger partial charge in [0, 0.05) is 0 Å². The first kappa shape index (κ1) is 14.0. The fourth-order valence-electron chi connectivity index (χ4n) is 4.24. The Bertz CT molecular complexity index is 738. The third-order valence-corrected chi connectivity index (χ3v) is 12.4. The van der Waals surface area contributed by atoms with Crippen molar-refractivity contribution in [2.75, 3.05) is 0 Å². The Morgan fingerprint density at radius 3 is 1.68 bits per heavy atom. The molecule has 0 saturated heterocycles. The number of hydrogen-bond donors (Lipinski definition) is 0. The van der Waals surface area contributed by atoms with E-state index in [1.807, 2.05) is 0 Å². The average molecular weight is 318 g/mol. The van der Waals surface area contributed by atoms with Crippen molar-refractivity contribution < 1.29 is 0 Å². The Labute approximate surface area is 135 Å². The van der Waals surface area contributed by atoms with E-state index >= 15 is 0 Å². The van der Waals surface area contributed by atoms with E-state index in [0.29, 0.717) is 0 Å². The fourth-order valence-corrected chi connectivity index (χ4v) is 14.3. The topological polar surface area (TPSA) is 0 Å². The summed E-state index contributed by atoms with van der Waals surface area (Å²) in [6.45, 7) is 7.43. The molecule has 2 bridgehead atoms. The van der Waals surface area contributed by atoms with Gasteiger partial charge < -0.3 is 0 Å². The van der Waals surface area contributed by atoms with Crippen molar-refractivity contribution in [1.82, 2.24) is 0 Å². The normalized spacial score (nSPS) is 19.0. The number of hydrogen-bond acceptors (Lipinski definition) is 0. The Hall–Kier alpha value is -1.65. The van der Waals surface area contributed by atoms with Crippen LogP contribution >= 0.6 is 0 Å². The number of rotatable bonds is 3. The molecule has 0 fully saturated rings. The van der Waals surface area contributed by atoms with Crippen LogP contribution in [-0.4, -0.2) is 16.1 Å². The second-order valence-corrected chi connectivity index (χ2v) is 16.1. The number of benzene rings is 2. The van der Waals surface area contributed by atoms with Crippen LogP contribution in [-0.2, 0) is 0 Å². The second kappa shape index (κ2) is 4.67. The largest absolute Gasteiger partial charge is 0.176 e. The highest BCUT2D eigenvalue weighted by molar-refractivity contribution is 7.19.